The van der Waals surface area contributed by atoms with Gasteiger partial charge in [0.25, 0.3) is 0 Å². The first-order valence-corrected chi connectivity index (χ1v) is 6.12. The van der Waals surface area contributed by atoms with Gasteiger partial charge in [0, 0.05) is 0 Å². The van der Waals surface area contributed by atoms with Crippen LogP contribution in [0.2, 0.25) is 0 Å². The molecule has 7 nitrogen and oxygen atoms in total. The van der Waals surface area contributed by atoms with E-state index in [-0.39, 0.29) is 11.3 Å². The molecule has 8 heteroatoms. The molecule has 98 valence electrons. The summed E-state index contributed by atoms with van der Waals surface area (Å²) in [6.07, 6.45) is 0. The molecule has 0 atom stereocenters. The lowest BCUT2D eigenvalue weighted by Gasteiger charge is -2.09. The van der Waals surface area contributed by atoms with Crippen LogP contribution in [0.1, 0.15) is 15.9 Å². The van der Waals surface area contributed by atoms with Gasteiger partial charge in [-0.25, -0.2) is 9.59 Å². The van der Waals surface area contributed by atoms with Gasteiger partial charge < -0.3 is 10.4 Å². The first kappa shape index (κ1) is 13.0. The van der Waals surface area contributed by atoms with Crippen molar-refractivity contribution in [1.29, 1.82) is 0 Å². The minimum Gasteiger partial charge on any atom is -0.478 e. The molecule has 1 aromatic heterocycles. The molecule has 0 fully saturated rings. The van der Waals surface area contributed by atoms with E-state index in [1.54, 1.807) is 19.1 Å². The van der Waals surface area contributed by atoms with Crippen molar-refractivity contribution in [2.75, 3.05) is 10.6 Å². The molecular formula is C11H10N4O3S. The number of hydrogen-bond donors (Lipinski definition) is 3. The molecule has 0 radical (unpaired) electrons. The number of hydrogen-bond acceptors (Lipinski definition) is 5. The highest BCUT2D eigenvalue weighted by Gasteiger charge is 2.13. The summed E-state index contributed by atoms with van der Waals surface area (Å²) in [5.41, 5.74) is 2.53. The normalized spacial score (nSPS) is 9.95. The second-order valence-electron chi connectivity index (χ2n) is 3.68. The number of urea groups is 1. The average Bonchev–Trinajstić information content (AvgIpc) is 2.83. The first-order chi connectivity index (χ1) is 9.06. The zero-order chi connectivity index (χ0) is 13.8. The van der Waals surface area contributed by atoms with Crippen molar-refractivity contribution in [3.8, 4) is 0 Å². The number of carboxylic acids is 1. The lowest BCUT2D eigenvalue weighted by atomic mass is 10.1. The quantitative estimate of drug-likeness (QED) is 0.798. The number of nitrogens with zero attached hydrogens (tertiary/aromatic N) is 2. The number of carbonyl (C=O) groups is 2. The maximum atomic E-state index is 11.7. The molecule has 0 saturated heterocycles. The van der Waals surface area contributed by atoms with Gasteiger partial charge in [0.1, 0.15) is 5.51 Å². The van der Waals surface area contributed by atoms with Gasteiger partial charge in [0.05, 0.1) is 11.3 Å². The third-order valence-corrected chi connectivity index (χ3v) is 2.84. The van der Waals surface area contributed by atoms with E-state index < -0.39 is 12.0 Å². The fraction of sp³-hybridized carbons (Fsp3) is 0.0909. The number of rotatable bonds is 3. The highest BCUT2D eigenvalue weighted by atomic mass is 32.1. The van der Waals surface area contributed by atoms with Crippen molar-refractivity contribution in [3.63, 3.8) is 0 Å². The second kappa shape index (κ2) is 5.44. The van der Waals surface area contributed by atoms with E-state index >= 15 is 0 Å². The molecule has 0 spiro atoms. The lowest BCUT2D eigenvalue weighted by molar-refractivity contribution is 0.0698. The molecule has 3 N–H and O–H groups in total. The summed E-state index contributed by atoms with van der Waals surface area (Å²) in [5.74, 6) is -1.10. The fourth-order valence-corrected chi connectivity index (χ4v) is 1.86. The number of aryl methyl sites for hydroxylation is 1. The molecule has 2 amide bonds. The summed E-state index contributed by atoms with van der Waals surface area (Å²) in [6.45, 7) is 1.78. The summed E-state index contributed by atoms with van der Waals surface area (Å²) in [7, 11) is 0. The Balaban J connectivity index is 2.14. The van der Waals surface area contributed by atoms with Gasteiger partial charge in [-0.1, -0.05) is 23.0 Å². The van der Waals surface area contributed by atoms with Gasteiger partial charge in [-0.05, 0) is 19.1 Å². The van der Waals surface area contributed by atoms with Crippen LogP contribution in [-0.4, -0.2) is 27.3 Å². The minimum absolute atomic E-state index is 0.0346. The molecule has 1 aromatic carbocycles. The number of carboxylic acid groups (broad SMARTS) is 1. The van der Waals surface area contributed by atoms with Crippen LogP contribution < -0.4 is 10.6 Å². The van der Waals surface area contributed by atoms with Crippen molar-refractivity contribution >= 4 is 34.2 Å². The van der Waals surface area contributed by atoms with Crippen molar-refractivity contribution in [2.45, 2.75) is 6.92 Å². The summed E-state index contributed by atoms with van der Waals surface area (Å²) in [6, 6.07) is 4.18. The van der Waals surface area contributed by atoms with Crippen LogP contribution in [0.25, 0.3) is 0 Å². The molecule has 0 bridgehead atoms. The topological polar surface area (TPSA) is 104 Å². The van der Waals surface area contributed by atoms with Crippen molar-refractivity contribution < 1.29 is 14.7 Å². The number of carbonyl (C=O) groups excluding carboxylic acids is 1. The van der Waals surface area contributed by atoms with E-state index in [9.17, 15) is 9.59 Å². The van der Waals surface area contributed by atoms with Gasteiger partial charge in [0.15, 0.2) is 0 Å². The highest BCUT2D eigenvalue weighted by Crippen LogP contribution is 2.18. The van der Waals surface area contributed by atoms with Crippen molar-refractivity contribution in [3.05, 3.63) is 34.8 Å². The number of nitrogens with one attached hydrogen (secondary N) is 2. The zero-order valence-corrected chi connectivity index (χ0v) is 10.7. The summed E-state index contributed by atoms with van der Waals surface area (Å²) < 4.78 is 0. The Hall–Kier alpha value is -2.48. The van der Waals surface area contributed by atoms with E-state index in [1.807, 2.05) is 0 Å². The van der Waals surface area contributed by atoms with Gasteiger partial charge >= 0.3 is 12.0 Å². The Kier molecular flexibility index (Phi) is 3.71. The summed E-state index contributed by atoms with van der Waals surface area (Å²) in [4.78, 5) is 22.7. The third-order valence-electron chi connectivity index (χ3n) is 2.23. The minimum atomic E-state index is -1.10. The Bertz CT molecular complexity index is 612. The molecule has 1 heterocycles. The predicted octanol–water partition coefficient (Wildman–Crippen LogP) is 2.19. The largest absolute Gasteiger partial charge is 0.478 e. The van der Waals surface area contributed by atoms with Gasteiger partial charge in [-0.3, -0.25) is 5.32 Å². The van der Waals surface area contributed by atoms with Crippen LogP contribution in [0, 0.1) is 6.92 Å². The number of aromatic nitrogens is 2. The molecule has 2 rings (SSSR count). The third kappa shape index (κ3) is 3.26. The molecule has 2 aromatic rings. The average molecular weight is 278 g/mol. The molecule has 0 saturated carbocycles. The fourth-order valence-electron chi connectivity index (χ4n) is 1.42. The van der Waals surface area contributed by atoms with E-state index in [2.05, 4.69) is 20.8 Å². The van der Waals surface area contributed by atoms with E-state index in [0.29, 0.717) is 5.13 Å². The van der Waals surface area contributed by atoms with Crippen molar-refractivity contribution in [2.24, 2.45) is 0 Å². The number of anilines is 2. The monoisotopic (exact) mass is 278 g/mol. The predicted molar refractivity (Wildman–Crippen MR) is 70.7 cm³/mol. The van der Waals surface area contributed by atoms with Crippen LogP contribution in [0.4, 0.5) is 15.6 Å². The Morgan fingerprint density at radius 1 is 1.32 bits per heavy atom. The zero-order valence-electron chi connectivity index (χ0n) is 9.88. The maximum absolute atomic E-state index is 11.7. The molecule has 0 aliphatic heterocycles. The van der Waals surface area contributed by atoms with E-state index in [1.165, 1.54) is 11.6 Å². The number of aromatic carboxylic acids is 1. The molecule has 19 heavy (non-hydrogen) atoms. The van der Waals surface area contributed by atoms with E-state index in [4.69, 9.17) is 5.11 Å². The Morgan fingerprint density at radius 3 is 2.74 bits per heavy atom. The second-order valence-corrected chi connectivity index (χ2v) is 4.51. The smallest absolute Gasteiger partial charge is 0.337 e. The van der Waals surface area contributed by atoms with Gasteiger partial charge in [-0.15, -0.1) is 10.2 Å². The summed E-state index contributed by atoms with van der Waals surface area (Å²) in [5, 5.41) is 21.5. The first-order valence-electron chi connectivity index (χ1n) is 5.24. The summed E-state index contributed by atoms with van der Waals surface area (Å²) >= 11 is 1.16. The van der Waals surface area contributed by atoms with Crippen molar-refractivity contribution in [1.82, 2.24) is 10.2 Å². The molecule has 0 aliphatic carbocycles. The Morgan fingerprint density at radius 2 is 2.11 bits per heavy atom. The lowest BCUT2D eigenvalue weighted by Crippen LogP contribution is -2.21. The van der Waals surface area contributed by atoms with Gasteiger partial charge in [0.2, 0.25) is 5.13 Å². The standard InChI is InChI=1S/C11H10N4O3S/c1-6-2-3-8(7(4-6)9(16)17)13-10(18)14-11-15-12-5-19-11/h2-5H,1H3,(H,16,17)(H2,13,14,15,18). The van der Waals surface area contributed by atoms with Crippen LogP contribution in [-0.2, 0) is 0 Å². The van der Waals surface area contributed by atoms with Gasteiger partial charge in [-0.2, -0.15) is 0 Å². The van der Waals surface area contributed by atoms with Crippen LogP contribution in [0.5, 0.6) is 0 Å². The molecule has 0 aliphatic rings. The van der Waals surface area contributed by atoms with Crippen LogP contribution in [0.15, 0.2) is 23.7 Å². The SMILES string of the molecule is Cc1ccc(NC(=O)Nc2nncs2)c(C(=O)O)c1. The highest BCUT2D eigenvalue weighted by molar-refractivity contribution is 7.13. The molecule has 0 unspecified atom stereocenters. The number of amides is 2. The molecular weight excluding hydrogens is 268 g/mol. The Labute approximate surface area is 112 Å². The van der Waals surface area contributed by atoms with Crippen LogP contribution in [0.3, 0.4) is 0 Å². The van der Waals surface area contributed by atoms with Crippen LogP contribution >= 0.6 is 11.3 Å². The maximum Gasteiger partial charge on any atom is 0.337 e. The van der Waals surface area contributed by atoms with E-state index in [0.717, 1.165) is 16.9 Å². The number of benzene rings is 1.